The molecule has 0 bridgehead atoms. The normalized spacial score (nSPS) is 17.8. The molecule has 1 nitrogen and oxygen atoms in total. The third kappa shape index (κ3) is 5.61. The first-order valence-corrected chi connectivity index (χ1v) is 11.7. The van der Waals surface area contributed by atoms with E-state index in [1.54, 1.807) is 0 Å². The van der Waals surface area contributed by atoms with Crippen LogP contribution in [0.3, 0.4) is 0 Å². The zero-order valence-electron chi connectivity index (χ0n) is 17.0. The molecule has 0 aromatic heterocycles. The van der Waals surface area contributed by atoms with Gasteiger partial charge in [-0.15, -0.1) is 0 Å². The van der Waals surface area contributed by atoms with Crippen LogP contribution in [0.25, 0.3) is 11.1 Å². The van der Waals surface area contributed by atoms with E-state index in [0.717, 1.165) is 27.4 Å². The Hall–Kier alpha value is -1.59. The second kappa shape index (κ2) is 11.9. The van der Waals surface area contributed by atoms with Crippen molar-refractivity contribution < 1.29 is 21.6 Å². The second-order valence-corrected chi connectivity index (χ2v) is 9.67. The van der Waals surface area contributed by atoms with E-state index in [2.05, 4.69) is 18.2 Å². The first-order chi connectivity index (χ1) is 14.8. The molecule has 0 saturated heterocycles. The largest absolute Gasteiger partial charge is 2.00 e. The molecular formula is C28H23FeOP+2. The van der Waals surface area contributed by atoms with Crippen molar-refractivity contribution in [3.63, 3.8) is 0 Å². The van der Waals surface area contributed by atoms with E-state index in [1.165, 1.54) is 0 Å². The minimum absolute atomic E-state index is 0. The van der Waals surface area contributed by atoms with E-state index in [0.29, 0.717) is 0 Å². The summed E-state index contributed by atoms with van der Waals surface area (Å²) >= 11 is 0. The van der Waals surface area contributed by atoms with Crippen molar-refractivity contribution in [3.05, 3.63) is 148 Å². The molecule has 2 fully saturated rings. The molecule has 3 heteroatoms. The summed E-state index contributed by atoms with van der Waals surface area (Å²) in [5.41, 5.74) is 2.99. The Morgan fingerprint density at radius 2 is 1.00 bits per heavy atom. The molecule has 5 rings (SSSR count). The SMILES string of the molecule is O=[P@]([C]1[CH][CH][CH][CH]1)(c1ccccc1)c1ccccc1-c1ccccc1.[CH]1[CH][CH][CH][CH]1.[Fe+2]. The fourth-order valence-electron chi connectivity index (χ4n) is 3.57. The van der Waals surface area contributed by atoms with Gasteiger partial charge in [-0.3, -0.25) is 0 Å². The van der Waals surface area contributed by atoms with Gasteiger partial charge in [0.05, 0.1) is 5.66 Å². The minimum atomic E-state index is -2.93. The summed E-state index contributed by atoms with van der Waals surface area (Å²) in [4.78, 5) is 0. The molecule has 31 heavy (non-hydrogen) atoms. The van der Waals surface area contributed by atoms with Gasteiger partial charge in [0.15, 0.2) is 7.14 Å². The van der Waals surface area contributed by atoms with Gasteiger partial charge in [-0.25, -0.2) is 0 Å². The predicted octanol–water partition coefficient (Wildman–Crippen LogP) is 6.05. The molecule has 3 aromatic carbocycles. The number of rotatable bonds is 4. The first-order valence-electron chi connectivity index (χ1n) is 10.00. The maximum absolute atomic E-state index is 14.5. The van der Waals surface area contributed by atoms with Crippen LogP contribution < -0.4 is 10.6 Å². The Balaban J connectivity index is 0.000000401. The summed E-state index contributed by atoms with van der Waals surface area (Å²) in [6.07, 6.45) is 17.8. The summed E-state index contributed by atoms with van der Waals surface area (Å²) in [5, 5.41) is 1.75. The van der Waals surface area contributed by atoms with Crippen molar-refractivity contribution in [2.75, 3.05) is 0 Å². The molecule has 10 radical (unpaired) electrons. The van der Waals surface area contributed by atoms with Crippen molar-refractivity contribution in [2.45, 2.75) is 0 Å². The van der Waals surface area contributed by atoms with E-state index in [9.17, 15) is 4.57 Å². The van der Waals surface area contributed by atoms with E-state index < -0.39 is 7.14 Å². The molecule has 2 aliphatic rings. The molecule has 2 aliphatic carbocycles. The van der Waals surface area contributed by atoms with Gasteiger partial charge in [0.2, 0.25) is 0 Å². The summed E-state index contributed by atoms with van der Waals surface area (Å²) in [5.74, 6) is 0. The Kier molecular flexibility index (Phi) is 9.21. The summed E-state index contributed by atoms with van der Waals surface area (Å²) in [6, 6.07) is 28.0. The molecule has 152 valence electrons. The van der Waals surface area contributed by atoms with Crippen LogP contribution in [-0.2, 0) is 21.6 Å². The minimum Gasteiger partial charge on any atom is -0.313 e. The fraction of sp³-hybridized carbons (Fsp3) is 0. The number of hydrogen-bond donors (Lipinski definition) is 0. The average molecular weight is 462 g/mol. The number of benzene rings is 3. The standard InChI is InChI=1S/C23H18OP.C5H5.Fe/c24-25(21-15-7-8-16-21,20-13-5-2-6-14-20)23-18-10-9-17-22(23)19-11-3-1-4-12-19;1-2-4-5-3-1;/h1-18H;1-5H;/q;;+2/t25-;;/m0../s1. The van der Waals surface area contributed by atoms with Crippen LogP contribution >= 0.6 is 7.14 Å². The topological polar surface area (TPSA) is 17.1 Å². The fourth-order valence-corrected chi connectivity index (χ4v) is 6.45. The van der Waals surface area contributed by atoms with Gasteiger partial charge < -0.3 is 4.57 Å². The van der Waals surface area contributed by atoms with Crippen molar-refractivity contribution in [1.29, 1.82) is 0 Å². The van der Waals surface area contributed by atoms with E-state index in [1.807, 2.05) is 125 Å². The van der Waals surface area contributed by atoms with Crippen molar-refractivity contribution in [2.24, 2.45) is 0 Å². The summed E-state index contributed by atoms with van der Waals surface area (Å²) in [7, 11) is -2.93. The molecule has 1 atom stereocenters. The molecular weight excluding hydrogens is 439 g/mol. The molecule has 0 aliphatic heterocycles. The monoisotopic (exact) mass is 462 g/mol. The van der Waals surface area contributed by atoms with Crippen LogP contribution in [0, 0.1) is 63.4 Å². The van der Waals surface area contributed by atoms with E-state index in [-0.39, 0.29) is 17.1 Å². The Morgan fingerprint density at radius 3 is 1.58 bits per heavy atom. The molecule has 3 aromatic rings. The molecule has 0 amide bonds. The third-order valence-electron chi connectivity index (χ3n) is 5.01. The van der Waals surface area contributed by atoms with Gasteiger partial charge in [0.1, 0.15) is 0 Å². The van der Waals surface area contributed by atoms with Crippen molar-refractivity contribution >= 4 is 17.8 Å². The smallest absolute Gasteiger partial charge is 0.313 e. The van der Waals surface area contributed by atoms with Crippen LogP contribution in [-0.4, -0.2) is 0 Å². The van der Waals surface area contributed by atoms with Gasteiger partial charge in [0, 0.05) is 10.6 Å². The van der Waals surface area contributed by atoms with Gasteiger partial charge in [-0.05, 0) is 68.9 Å². The maximum Gasteiger partial charge on any atom is 2.00 e. The molecule has 0 heterocycles. The molecule has 0 unspecified atom stereocenters. The molecule has 2 saturated carbocycles. The Bertz CT molecular complexity index is 953. The Morgan fingerprint density at radius 1 is 0.516 bits per heavy atom. The van der Waals surface area contributed by atoms with E-state index >= 15 is 0 Å². The van der Waals surface area contributed by atoms with Gasteiger partial charge in [-0.2, -0.15) is 0 Å². The summed E-state index contributed by atoms with van der Waals surface area (Å²) in [6.45, 7) is 0. The van der Waals surface area contributed by atoms with Gasteiger partial charge in [0.25, 0.3) is 0 Å². The van der Waals surface area contributed by atoms with Crippen LogP contribution in [0.1, 0.15) is 0 Å². The zero-order valence-corrected chi connectivity index (χ0v) is 19.0. The number of hydrogen-bond acceptors (Lipinski definition) is 1. The zero-order chi connectivity index (χ0) is 20.7. The van der Waals surface area contributed by atoms with Crippen LogP contribution in [0.2, 0.25) is 0 Å². The van der Waals surface area contributed by atoms with Crippen LogP contribution in [0.4, 0.5) is 0 Å². The van der Waals surface area contributed by atoms with Crippen molar-refractivity contribution in [1.82, 2.24) is 0 Å². The Labute approximate surface area is 198 Å². The molecule has 0 N–H and O–H groups in total. The predicted molar refractivity (Wildman–Crippen MR) is 127 cm³/mol. The third-order valence-corrected chi connectivity index (χ3v) is 8.13. The maximum atomic E-state index is 14.5. The van der Waals surface area contributed by atoms with Crippen LogP contribution in [0.15, 0.2) is 84.9 Å². The molecule has 0 spiro atoms. The van der Waals surface area contributed by atoms with Crippen LogP contribution in [0.5, 0.6) is 0 Å². The first kappa shape index (κ1) is 24.1. The van der Waals surface area contributed by atoms with Gasteiger partial charge >= 0.3 is 17.1 Å². The quantitative estimate of drug-likeness (QED) is 0.341. The van der Waals surface area contributed by atoms with E-state index in [4.69, 9.17) is 0 Å². The second-order valence-electron chi connectivity index (χ2n) is 6.93. The van der Waals surface area contributed by atoms with Gasteiger partial charge in [-0.1, -0.05) is 84.9 Å². The average Bonchev–Trinajstić information content (AvgIpc) is 3.57. The summed E-state index contributed by atoms with van der Waals surface area (Å²) < 4.78 is 14.5. The van der Waals surface area contributed by atoms with Crippen molar-refractivity contribution in [3.8, 4) is 11.1 Å².